The van der Waals surface area contributed by atoms with Crippen LogP contribution >= 0.6 is 0 Å². The van der Waals surface area contributed by atoms with Crippen LogP contribution < -0.4 is 4.90 Å². The van der Waals surface area contributed by atoms with Crippen LogP contribution in [0, 0.1) is 23.7 Å². The first kappa shape index (κ1) is 61.2. The number of methoxy groups -OCH3 is 2. The van der Waals surface area contributed by atoms with Gasteiger partial charge >= 0.3 is 5.97 Å². The van der Waals surface area contributed by atoms with Gasteiger partial charge in [-0.1, -0.05) is 45.0 Å². The normalized spacial score (nSPS) is 39.7. The first-order valence-electron chi connectivity index (χ1n) is 27.3. The standard InChI is InChI=1S/C55H91F3N6O11/c1-15-44-54(10,69)48(65)36(6)62(12)29-32(2)26-52(8,68)50(34(4)46(35(5)51(67)74-44)43-27-53(9,71-14)49(66)37(7)73-43)75-45-25-41(24-33(3)72-45)61(11)22-20-39-30-64(60-59-39)42(28-56)47(70-13)38-16-18-40(19-17-38)63-23-21-55(57,58)31-63/h16-19,30,32-37,41-50,65-66,68-69H,15,20-29,31H2,1-14H3/t32-,33-,34+,35-,36-,37+,41+,42-,43-,44-,45+,46?,47-,48-,49+,50-,52-,53-,54-/m1/s1. The molecule has 75 heavy (non-hydrogen) atoms. The number of anilines is 1. The molecule has 1 aromatic heterocycles. The Hall–Kier alpha value is -3.02. The van der Waals surface area contributed by atoms with E-state index in [1.165, 1.54) is 25.8 Å². The average molecular weight is 1070 g/mol. The molecule has 0 spiro atoms. The maximum atomic E-state index is 14.9. The zero-order valence-corrected chi connectivity index (χ0v) is 47.1. The molecular weight excluding hydrogens is 978 g/mol. The van der Waals surface area contributed by atoms with E-state index >= 15 is 0 Å². The number of likely N-dealkylation sites (N-methyl/N-ethyl adjacent to an activating group) is 2. The first-order chi connectivity index (χ1) is 35.1. The second-order valence-electron chi connectivity index (χ2n) is 23.6. The molecule has 20 heteroatoms. The van der Waals surface area contributed by atoms with Crippen molar-refractivity contribution in [2.75, 3.05) is 66.1 Å². The minimum Gasteiger partial charge on any atom is -0.459 e. The van der Waals surface area contributed by atoms with Crippen LogP contribution in [0.15, 0.2) is 30.5 Å². The molecule has 6 rings (SSSR count). The minimum absolute atomic E-state index is 0.0297. The third-order valence-electron chi connectivity index (χ3n) is 17.5. The molecule has 5 heterocycles. The number of halogens is 3. The molecule has 2 aromatic rings. The summed E-state index contributed by atoms with van der Waals surface area (Å²) in [5.41, 5.74) is -2.36. The van der Waals surface area contributed by atoms with E-state index in [9.17, 15) is 38.4 Å². The van der Waals surface area contributed by atoms with E-state index in [4.69, 9.17) is 28.4 Å². The average Bonchev–Trinajstić information content (AvgIpc) is 3.99. The van der Waals surface area contributed by atoms with E-state index in [0.717, 1.165) is 0 Å². The van der Waals surface area contributed by atoms with Crippen LogP contribution in [0.25, 0.3) is 0 Å². The highest BCUT2D eigenvalue weighted by atomic mass is 19.3. The van der Waals surface area contributed by atoms with Crippen LogP contribution in [0.5, 0.6) is 0 Å². The Kier molecular flexibility index (Phi) is 20.4. The van der Waals surface area contributed by atoms with Crippen molar-refractivity contribution in [2.24, 2.45) is 23.7 Å². The fourth-order valence-corrected chi connectivity index (χ4v) is 12.9. The van der Waals surface area contributed by atoms with E-state index in [0.29, 0.717) is 49.3 Å². The van der Waals surface area contributed by atoms with Gasteiger partial charge in [-0.05, 0) is 104 Å². The zero-order valence-electron chi connectivity index (χ0n) is 47.1. The molecule has 0 aliphatic carbocycles. The molecule has 19 atom stereocenters. The molecule has 0 bridgehead atoms. The highest BCUT2D eigenvalue weighted by molar-refractivity contribution is 5.73. The SMILES string of the molecule is CC[C@H]1OC(=O)[C@H](C)C([C@H]2C[C@@](C)(OC)[C@@H](O)[C@H](C)O2)[C@H](C)[C@@H](O[C@H]2C[C@@H](N(C)CCc3cn([C@H](CF)[C@H](OC)c4ccc(N5CCC(F)(F)C5)cc4)nn3)C[C@@H](C)O2)[C@](C)(O)C[C@@H](C)CN(C)[C@H](C)[C@@H](O)[C@]1(C)O. The number of carbonyl (C=O) groups is 1. The smallest absolute Gasteiger partial charge is 0.309 e. The molecule has 428 valence electrons. The number of rotatable bonds is 15. The summed E-state index contributed by atoms with van der Waals surface area (Å²) in [6, 6.07) is 5.66. The van der Waals surface area contributed by atoms with E-state index in [-0.39, 0.29) is 56.8 Å². The van der Waals surface area contributed by atoms with Crippen molar-refractivity contribution >= 4 is 11.7 Å². The van der Waals surface area contributed by atoms with Gasteiger partial charge in [0.1, 0.15) is 42.7 Å². The Balaban J connectivity index is 1.23. The number of aliphatic hydroxyl groups is 4. The molecule has 4 fully saturated rings. The van der Waals surface area contributed by atoms with Gasteiger partial charge in [-0.3, -0.25) is 4.79 Å². The maximum Gasteiger partial charge on any atom is 0.309 e. The Bertz CT molecular complexity index is 2120. The predicted octanol–water partition coefficient (Wildman–Crippen LogP) is 6.15. The van der Waals surface area contributed by atoms with Crippen molar-refractivity contribution in [3.63, 3.8) is 0 Å². The number of benzene rings is 1. The Morgan fingerprint density at radius 3 is 2.25 bits per heavy atom. The lowest BCUT2D eigenvalue weighted by atomic mass is 9.68. The van der Waals surface area contributed by atoms with Gasteiger partial charge in [-0.25, -0.2) is 17.9 Å². The molecule has 0 saturated carbocycles. The van der Waals surface area contributed by atoms with Crippen molar-refractivity contribution in [1.29, 1.82) is 0 Å². The van der Waals surface area contributed by atoms with Crippen molar-refractivity contribution in [1.82, 2.24) is 24.8 Å². The van der Waals surface area contributed by atoms with Gasteiger partial charge < -0.3 is 63.5 Å². The number of alkyl halides is 3. The summed E-state index contributed by atoms with van der Waals surface area (Å²) in [6.45, 7) is 18.3. The van der Waals surface area contributed by atoms with Crippen LogP contribution in [0.4, 0.5) is 18.9 Å². The quantitative estimate of drug-likeness (QED) is 0.148. The fourth-order valence-electron chi connectivity index (χ4n) is 12.9. The van der Waals surface area contributed by atoms with E-state index in [2.05, 4.69) is 15.2 Å². The number of hydrogen-bond donors (Lipinski definition) is 4. The predicted molar refractivity (Wildman–Crippen MR) is 277 cm³/mol. The van der Waals surface area contributed by atoms with Gasteiger partial charge in [-0.2, -0.15) is 0 Å². The lowest BCUT2D eigenvalue weighted by Gasteiger charge is -2.51. The van der Waals surface area contributed by atoms with Gasteiger partial charge in [0, 0.05) is 89.4 Å². The lowest BCUT2D eigenvalue weighted by Crippen LogP contribution is -2.61. The summed E-state index contributed by atoms with van der Waals surface area (Å²) >= 11 is 0. The summed E-state index contributed by atoms with van der Waals surface area (Å²) in [5, 5.41) is 56.6. The Labute approximate surface area is 443 Å². The van der Waals surface area contributed by atoms with Crippen molar-refractivity contribution in [3.05, 3.63) is 41.7 Å². The molecule has 4 N–H and O–H groups in total. The molecule has 4 saturated heterocycles. The van der Waals surface area contributed by atoms with E-state index in [1.54, 1.807) is 63.1 Å². The number of aliphatic hydroxyl groups excluding tert-OH is 2. The molecular formula is C55H91F3N6O11. The number of esters is 1. The number of carbonyl (C=O) groups excluding carboxylic acids is 1. The van der Waals surface area contributed by atoms with Crippen LogP contribution in [-0.4, -0.2) is 196 Å². The summed E-state index contributed by atoms with van der Waals surface area (Å²) < 4.78 is 82.5. The number of hydrogen-bond acceptors (Lipinski definition) is 16. The molecule has 0 radical (unpaired) electrons. The number of ether oxygens (including phenoxy) is 6. The van der Waals surface area contributed by atoms with Gasteiger partial charge in [0.15, 0.2) is 6.29 Å². The topological polar surface area (TPSA) is 194 Å². The van der Waals surface area contributed by atoms with Crippen molar-refractivity contribution < 1.29 is 66.8 Å². The fraction of sp³-hybridized carbons (Fsp3) is 0.836. The summed E-state index contributed by atoms with van der Waals surface area (Å²) in [7, 11) is 6.92. The minimum atomic E-state index is -2.73. The highest BCUT2D eigenvalue weighted by Crippen LogP contribution is 2.45. The third kappa shape index (κ3) is 14.1. The van der Waals surface area contributed by atoms with Crippen LogP contribution in [0.1, 0.15) is 131 Å². The molecule has 17 nitrogen and oxygen atoms in total. The molecule has 1 aromatic carbocycles. The number of nitrogens with zero attached hydrogens (tertiary/aromatic N) is 6. The second-order valence-corrected chi connectivity index (χ2v) is 23.6. The van der Waals surface area contributed by atoms with Gasteiger partial charge in [-0.15, -0.1) is 5.10 Å². The second kappa shape index (κ2) is 25.0. The first-order valence-corrected chi connectivity index (χ1v) is 27.3. The summed E-state index contributed by atoms with van der Waals surface area (Å²) in [5.74, 6) is -5.67. The Morgan fingerprint density at radius 2 is 1.65 bits per heavy atom. The molecule has 0 amide bonds. The van der Waals surface area contributed by atoms with Gasteiger partial charge in [0.25, 0.3) is 5.92 Å². The summed E-state index contributed by atoms with van der Waals surface area (Å²) in [6.07, 6.45) is -3.50. The zero-order chi connectivity index (χ0) is 55.5. The third-order valence-corrected chi connectivity index (χ3v) is 17.5. The summed E-state index contributed by atoms with van der Waals surface area (Å²) in [4.78, 5) is 20.4. The van der Waals surface area contributed by atoms with Crippen LogP contribution in [0.3, 0.4) is 0 Å². The highest BCUT2D eigenvalue weighted by Gasteiger charge is 2.54. The lowest BCUT2D eigenvalue weighted by molar-refractivity contribution is -0.275. The largest absolute Gasteiger partial charge is 0.459 e. The molecule has 4 aliphatic heterocycles. The van der Waals surface area contributed by atoms with Crippen molar-refractivity contribution in [2.45, 2.75) is 210 Å². The van der Waals surface area contributed by atoms with E-state index in [1.807, 2.05) is 53.6 Å². The number of aromatic nitrogens is 3. The van der Waals surface area contributed by atoms with Crippen LogP contribution in [-0.2, 0) is 39.6 Å². The number of cyclic esters (lactones) is 1. The maximum absolute atomic E-state index is 14.9. The van der Waals surface area contributed by atoms with E-state index < -0.39 is 114 Å². The van der Waals surface area contributed by atoms with Crippen LogP contribution in [0.2, 0.25) is 0 Å². The van der Waals surface area contributed by atoms with Crippen molar-refractivity contribution in [3.8, 4) is 0 Å². The monoisotopic (exact) mass is 1070 g/mol. The van der Waals surface area contributed by atoms with Gasteiger partial charge in [0.2, 0.25) is 0 Å². The molecule has 1 unspecified atom stereocenters. The Morgan fingerprint density at radius 1 is 0.973 bits per heavy atom. The molecule has 4 aliphatic rings. The van der Waals surface area contributed by atoms with Gasteiger partial charge in [0.05, 0.1) is 53.8 Å².